The Labute approximate surface area is 105 Å². The highest BCUT2D eigenvalue weighted by Crippen LogP contribution is 2.24. The number of aromatic amines is 1. The third kappa shape index (κ3) is 2.30. The standard InChI is InChI=1S/C11H14N4O2S/c1-7-3-10(12)11(4-8(7)2)18(16,17)15-9-5-13-14-6-9/h3-6,15H,12H2,1-2H3,(H,13,14). The Balaban J connectivity index is 2.44. The van der Waals surface area contributed by atoms with Gasteiger partial charge in [0, 0.05) is 6.20 Å². The summed E-state index contributed by atoms with van der Waals surface area (Å²) >= 11 is 0. The van der Waals surface area contributed by atoms with Gasteiger partial charge in [0.2, 0.25) is 0 Å². The number of aryl methyl sites for hydroxylation is 2. The van der Waals surface area contributed by atoms with Crippen molar-refractivity contribution in [2.75, 3.05) is 10.5 Å². The Morgan fingerprint density at radius 3 is 2.56 bits per heavy atom. The van der Waals surface area contributed by atoms with Crippen molar-refractivity contribution in [2.24, 2.45) is 0 Å². The minimum Gasteiger partial charge on any atom is -0.398 e. The highest BCUT2D eigenvalue weighted by atomic mass is 32.2. The Hall–Kier alpha value is -2.02. The minimum absolute atomic E-state index is 0.0757. The smallest absolute Gasteiger partial charge is 0.264 e. The van der Waals surface area contributed by atoms with Crippen LogP contribution in [0.3, 0.4) is 0 Å². The molecule has 0 saturated carbocycles. The molecule has 2 aromatic rings. The fraction of sp³-hybridized carbons (Fsp3) is 0.182. The molecule has 0 radical (unpaired) electrons. The molecule has 1 aromatic heterocycles. The molecule has 2 rings (SSSR count). The topological polar surface area (TPSA) is 101 Å². The zero-order valence-corrected chi connectivity index (χ0v) is 10.9. The van der Waals surface area contributed by atoms with Crippen LogP contribution in [0.1, 0.15) is 11.1 Å². The first-order chi connectivity index (χ1) is 8.40. The van der Waals surface area contributed by atoms with Crippen molar-refractivity contribution in [2.45, 2.75) is 18.7 Å². The summed E-state index contributed by atoms with van der Waals surface area (Å²) in [6.45, 7) is 3.72. The highest BCUT2D eigenvalue weighted by Gasteiger charge is 2.18. The van der Waals surface area contributed by atoms with E-state index in [0.29, 0.717) is 5.69 Å². The number of sulfonamides is 1. The summed E-state index contributed by atoms with van der Waals surface area (Å²) in [6, 6.07) is 3.21. The van der Waals surface area contributed by atoms with Crippen molar-refractivity contribution in [1.82, 2.24) is 10.2 Å². The lowest BCUT2D eigenvalue weighted by molar-refractivity contribution is 0.601. The summed E-state index contributed by atoms with van der Waals surface area (Å²) in [6.07, 6.45) is 2.84. The fourth-order valence-corrected chi connectivity index (χ4v) is 2.79. The second kappa shape index (κ2) is 4.34. The van der Waals surface area contributed by atoms with E-state index < -0.39 is 10.0 Å². The maximum atomic E-state index is 12.2. The Morgan fingerprint density at radius 1 is 1.28 bits per heavy atom. The molecule has 4 N–H and O–H groups in total. The quantitative estimate of drug-likeness (QED) is 0.731. The molecule has 0 aliphatic rings. The first-order valence-electron chi connectivity index (χ1n) is 5.28. The molecule has 0 bridgehead atoms. The number of hydrogen-bond acceptors (Lipinski definition) is 4. The summed E-state index contributed by atoms with van der Waals surface area (Å²) in [7, 11) is -3.69. The Kier molecular flexibility index (Phi) is 3.00. The number of rotatable bonds is 3. The molecule has 6 nitrogen and oxygen atoms in total. The van der Waals surface area contributed by atoms with Gasteiger partial charge in [0.05, 0.1) is 17.6 Å². The molecular weight excluding hydrogens is 252 g/mol. The van der Waals surface area contributed by atoms with Crippen molar-refractivity contribution in [3.8, 4) is 0 Å². The maximum Gasteiger partial charge on any atom is 0.264 e. The van der Waals surface area contributed by atoms with Crippen LogP contribution in [0, 0.1) is 13.8 Å². The van der Waals surface area contributed by atoms with Gasteiger partial charge in [-0.1, -0.05) is 0 Å². The largest absolute Gasteiger partial charge is 0.398 e. The lowest BCUT2D eigenvalue weighted by Crippen LogP contribution is -2.15. The number of nitrogen functional groups attached to an aromatic ring is 1. The Morgan fingerprint density at radius 2 is 1.94 bits per heavy atom. The number of nitrogens with two attached hydrogens (primary N) is 1. The SMILES string of the molecule is Cc1cc(N)c(S(=O)(=O)Nc2cn[nH]c2)cc1C. The van der Waals surface area contributed by atoms with E-state index in [0.717, 1.165) is 11.1 Å². The summed E-state index contributed by atoms with van der Waals surface area (Å²) in [4.78, 5) is 0.0757. The van der Waals surface area contributed by atoms with Gasteiger partial charge in [0.1, 0.15) is 4.90 Å². The van der Waals surface area contributed by atoms with E-state index in [-0.39, 0.29) is 10.6 Å². The van der Waals surface area contributed by atoms with Gasteiger partial charge in [0.25, 0.3) is 10.0 Å². The lowest BCUT2D eigenvalue weighted by Gasteiger charge is -2.11. The van der Waals surface area contributed by atoms with Gasteiger partial charge >= 0.3 is 0 Å². The molecule has 0 unspecified atom stereocenters. The predicted octanol–water partition coefficient (Wildman–Crippen LogP) is 1.41. The number of nitrogens with one attached hydrogen (secondary N) is 2. The van der Waals surface area contributed by atoms with Gasteiger partial charge in [-0.25, -0.2) is 8.42 Å². The average Bonchev–Trinajstić information content (AvgIpc) is 2.75. The van der Waals surface area contributed by atoms with Gasteiger partial charge in [-0.2, -0.15) is 5.10 Å². The molecule has 0 saturated heterocycles. The lowest BCUT2D eigenvalue weighted by atomic mass is 10.1. The molecule has 0 atom stereocenters. The van der Waals surface area contributed by atoms with Crippen LogP contribution in [-0.2, 0) is 10.0 Å². The van der Waals surface area contributed by atoms with Crippen molar-refractivity contribution >= 4 is 21.4 Å². The van der Waals surface area contributed by atoms with Gasteiger partial charge in [0.15, 0.2) is 0 Å². The van der Waals surface area contributed by atoms with Gasteiger partial charge in [-0.3, -0.25) is 9.82 Å². The van der Waals surface area contributed by atoms with E-state index >= 15 is 0 Å². The molecule has 18 heavy (non-hydrogen) atoms. The molecule has 0 aliphatic heterocycles. The first-order valence-corrected chi connectivity index (χ1v) is 6.77. The maximum absolute atomic E-state index is 12.2. The van der Waals surface area contributed by atoms with E-state index in [1.165, 1.54) is 12.4 Å². The number of anilines is 2. The zero-order valence-electron chi connectivity index (χ0n) is 10.1. The number of benzene rings is 1. The predicted molar refractivity (Wildman–Crippen MR) is 69.7 cm³/mol. The van der Waals surface area contributed by atoms with E-state index in [2.05, 4.69) is 14.9 Å². The van der Waals surface area contributed by atoms with Crippen molar-refractivity contribution in [3.05, 3.63) is 35.7 Å². The van der Waals surface area contributed by atoms with E-state index in [1.54, 1.807) is 12.1 Å². The second-order valence-electron chi connectivity index (χ2n) is 4.07. The number of hydrogen-bond donors (Lipinski definition) is 3. The van der Waals surface area contributed by atoms with Crippen LogP contribution in [0.4, 0.5) is 11.4 Å². The third-order valence-electron chi connectivity index (χ3n) is 2.67. The third-order valence-corrected chi connectivity index (χ3v) is 4.10. The van der Waals surface area contributed by atoms with Crippen LogP contribution in [0.5, 0.6) is 0 Å². The van der Waals surface area contributed by atoms with Crippen LogP contribution >= 0.6 is 0 Å². The van der Waals surface area contributed by atoms with E-state index in [9.17, 15) is 8.42 Å². The summed E-state index contributed by atoms with van der Waals surface area (Å²) in [5.41, 5.74) is 8.19. The molecule has 1 aromatic carbocycles. The van der Waals surface area contributed by atoms with Gasteiger partial charge < -0.3 is 5.73 Å². The van der Waals surface area contributed by atoms with Crippen molar-refractivity contribution in [3.63, 3.8) is 0 Å². The number of aromatic nitrogens is 2. The normalized spacial score (nSPS) is 11.4. The van der Waals surface area contributed by atoms with Crippen LogP contribution in [0.2, 0.25) is 0 Å². The van der Waals surface area contributed by atoms with Crippen LogP contribution in [0.25, 0.3) is 0 Å². The van der Waals surface area contributed by atoms with Gasteiger partial charge in [-0.15, -0.1) is 0 Å². The van der Waals surface area contributed by atoms with Crippen molar-refractivity contribution < 1.29 is 8.42 Å². The first kappa shape index (κ1) is 12.4. The molecule has 96 valence electrons. The summed E-state index contributed by atoms with van der Waals surface area (Å²) < 4.78 is 26.7. The molecule has 0 amide bonds. The van der Waals surface area contributed by atoms with Crippen LogP contribution in [0.15, 0.2) is 29.4 Å². The summed E-state index contributed by atoms with van der Waals surface area (Å²) in [5.74, 6) is 0. The highest BCUT2D eigenvalue weighted by molar-refractivity contribution is 7.92. The van der Waals surface area contributed by atoms with Gasteiger partial charge in [-0.05, 0) is 37.1 Å². The zero-order chi connectivity index (χ0) is 13.3. The molecule has 0 spiro atoms. The number of nitrogens with zero attached hydrogens (tertiary/aromatic N) is 1. The molecule has 0 fully saturated rings. The summed E-state index contributed by atoms with van der Waals surface area (Å²) in [5, 5.41) is 6.20. The fourth-order valence-electron chi connectivity index (χ4n) is 1.56. The van der Waals surface area contributed by atoms with Crippen LogP contribution in [-0.4, -0.2) is 18.6 Å². The number of H-pyrrole nitrogens is 1. The molecule has 7 heteroatoms. The second-order valence-corrected chi connectivity index (χ2v) is 5.72. The molecule has 1 heterocycles. The average molecular weight is 266 g/mol. The molecular formula is C11H14N4O2S. The van der Waals surface area contributed by atoms with Crippen LogP contribution < -0.4 is 10.5 Å². The molecule has 0 aliphatic carbocycles. The monoisotopic (exact) mass is 266 g/mol. The Bertz CT molecular complexity index is 663. The minimum atomic E-state index is -3.69. The van der Waals surface area contributed by atoms with E-state index in [1.807, 2.05) is 13.8 Å². The van der Waals surface area contributed by atoms with Crippen molar-refractivity contribution in [1.29, 1.82) is 0 Å². The van der Waals surface area contributed by atoms with E-state index in [4.69, 9.17) is 5.73 Å².